The predicted octanol–water partition coefficient (Wildman–Crippen LogP) is 3.48. The van der Waals surface area contributed by atoms with E-state index in [4.69, 9.17) is 4.42 Å². The molecule has 138 valence electrons. The number of rotatable bonds is 3. The maximum absolute atomic E-state index is 13.4. The lowest BCUT2D eigenvalue weighted by Crippen LogP contribution is -2.31. The van der Waals surface area contributed by atoms with Crippen LogP contribution in [-0.2, 0) is 21.2 Å². The Morgan fingerprint density at radius 2 is 2.12 bits per heavy atom. The van der Waals surface area contributed by atoms with Crippen molar-refractivity contribution >= 4 is 37.5 Å². The Labute approximate surface area is 161 Å². The number of fused-ring (bicyclic) bond motifs is 1. The van der Waals surface area contributed by atoms with Gasteiger partial charge < -0.3 is 9.32 Å². The van der Waals surface area contributed by atoms with Crippen LogP contribution in [0.1, 0.15) is 37.1 Å². The first-order valence-electron chi connectivity index (χ1n) is 8.55. The first kappa shape index (κ1) is 17.8. The van der Waals surface area contributed by atoms with Crippen LogP contribution in [0.4, 0.5) is 5.69 Å². The normalized spacial score (nSPS) is 20.5. The summed E-state index contributed by atoms with van der Waals surface area (Å²) in [5, 5.41) is 0. The molecule has 0 radical (unpaired) electrons. The minimum absolute atomic E-state index is 0.0796. The van der Waals surface area contributed by atoms with Crippen LogP contribution < -0.4 is 4.90 Å². The van der Waals surface area contributed by atoms with Crippen molar-refractivity contribution in [1.82, 2.24) is 4.31 Å². The molecule has 2 aliphatic rings. The van der Waals surface area contributed by atoms with Crippen LogP contribution in [0.3, 0.4) is 0 Å². The maximum atomic E-state index is 13.4. The molecule has 2 aliphatic heterocycles. The van der Waals surface area contributed by atoms with E-state index in [1.54, 1.807) is 23.3 Å². The molecule has 2 aromatic rings. The number of nitrogens with zero attached hydrogens (tertiary/aromatic N) is 2. The van der Waals surface area contributed by atoms with Gasteiger partial charge >= 0.3 is 0 Å². The molecule has 26 heavy (non-hydrogen) atoms. The first-order valence-corrected chi connectivity index (χ1v) is 10.8. The first-order chi connectivity index (χ1) is 12.4. The summed E-state index contributed by atoms with van der Waals surface area (Å²) in [4.78, 5) is 13.7. The van der Waals surface area contributed by atoms with Crippen molar-refractivity contribution in [3.63, 3.8) is 0 Å². The molecule has 3 heterocycles. The van der Waals surface area contributed by atoms with E-state index in [-0.39, 0.29) is 16.8 Å². The number of anilines is 1. The van der Waals surface area contributed by atoms with Gasteiger partial charge in [-0.05, 0) is 65.0 Å². The van der Waals surface area contributed by atoms with Crippen LogP contribution in [0.5, 0.6) is 0 Å². The lowest BCUT2D eigenvalue weighted by molar-refractivity contribution is -0.116. The molecule has 1 aromatic heterocycles. The van der Waals surface area contributed by atoms with Gasteiger partial charge in [-0.15, -0.1) is 0 Å². The summed E-state index contributed by atoms with van der Waals surface area (Å²) in [5.41, 5.74) is 1.67. The van der Waals surface area contributed by atoms with Gasteiger partial charge in [0.1, 0.15) is 5.76 Å². The molecular formula is C18H19BrN2O4S. The summed E-state index contributed by atoms with van der Waals surface area (Å²) in [6, 6.07) is 6.74. The minimum atomic E-state index is -3.73. The number of halogens is 1. The Balaban J connectivity index is 1.77. The molecule has 4 rings (SSSR count). The summed E-state index contributed by atoms with van der Waals surface area (Å²) in [6.45, 7) is 2.53. The number of hydrogen-bond donors (Lipinski definition) is 0. The second-order valence-corrected chi connectivity index (χ2v) is 9.33. The molecule has 0 spiro atoms. The van der Waals surface area contributed by atoms with E-state index >= 15 is 0 Å². The quantitative estimate of drug-likeness (QED) is 0.735. The van der Waals surface area contributed by atoms with Gasteiger partial charge in [-0.25, -0.2) is 8.42 Å². The van der Waals surface area contributed by atoms with Crippen molar-refractivity contribution in [2.24, 2.45) is 0 Å². The monoisotopic (exact) mass is 438 g/mol. The largest absolute Gasteiger partial charge is 0.468 e. The van der Waals surface area contributed by atoms with Crippen molar-refractivity contribution in [2.45, 2.75) is 37.1 Å². The Morgan fingerprint density at radius 3 is 2.81 bits per heavy atom. The summed E-state index contributed by atoms with van der Waals surface area (Å²) in [7, 11) is -3.73. The van der Waals surface area contributed by atoms with Crippen LogP contribution in [-0.4, -0.2) is 31.7 Å². The van der Waals surface area contributed by atoms with Crippen molar-refractivity contribution < 1.29 is 17.6 Å². The number of benzene rings is 1. The highest BCUT2D eigenvalue weighted by Crippen LogP contribution is 2.41. The summed E-state index contributed by atoms with van der Waals surface area (Å²) < 4.78 is 34.3. The average Bonchev–Trinajstić information content (AvgIpc) is 3.32. The topological polar surface area (TPSA) is 70.8 Å². The van der Waals surface area contributed by atoms with Crippen molar-refractivity contribution in [3.05, 3.63) is 46.3 Å². The van der Waals surface area contributed by atoms with Crippen molar-refractivity contribution in [1.29, 1.82) is 0 Å². The van der Waals surface area contributed by atoms with E-state index in [9.17, 15) is 13.2 Å². The lowest BCUT2D eigenvalue weighted by Gasteiger charge is -2.24. The molecule has 0 unspecified atom stereocenters. The molecule has 0 aliphatic carbocycles. The SMILES string of the molecule is CC(=O)N1CCc2cc(Br)c(S(=O)(=O)N3CCC[C@@H]3c3ccco3)cc21. The second kappa shape index (κ2) is 6.51. The minimum Gasteiger partial charge on any atom is -0.468 e. The van der Waals surface area contributed by atoms with Crippen LogP contribution in [0, 0.1) is 0 Å². The Hall–Kier alpha value is -1.64. The van der Waals surface area contributed by atoms with Gasteiger partial charge in [0.25, 0.3) is 0 Å². The third-order valence-electron chi connectivity index (χ3n) is 5.07. The van der Waals surface area contributed by atoms with Gasteiger partial charge in [-0.1, -0.05) is 0 Å². The summed E-state index contributed by atoms with van der Waals surface area (Å²) in [5.74, 6) is 0.581. The fraction of sp³-hybridized carbons (Fsp3) is 0.389. The molecule has 1 saturated heterocycles. The predicted molar refractivity (Wildman–Crippen MR) is 100 cm³/mol. The molecule has 1 amide bonds. The molecule has 0 saturated carbocycles. The zero-order chi connectivity index (χ0) is 18.5. The number of hydrogen-bond acceptors (Lipinski definition) is 4. The van der Waals surface area contributed by atoms with Gasteiger partial charge in [-0.3, -0.25) is 4.79 Å². The molecule has 1 atom stereocenters. The highest BCUT2D eigenvalue weighted by molar-refractivity contribution is 9.10. The summed E-state index contributed by atoms with van der Waals surface area (Å²) in [6.07, 6.45) is 3.81. The number of sulfonamides is 1. The number of furan rings is 1. The van der Waals surface area contributed by atoms with Gasteiger partial charge in [0.2, 0.25) is 15.9 Å². The van der Waals surface area contributed by atoms with Gasteiger partial charge in [0.05, 0.1) is 17.2 Å². The van der Waals surface area contributed by atoms with Gasteiger partial charge in [0, 0.05) is 30.2 Å². The maximum Gasteiger partial charge on any atom is 0.244 e. The van der Waals surface area contributed by atoms with Crippen LogP contribution in [0.2, 0.25) is 0 Å². The van der Waals surface area contributed by atoms with Crippen LogP contribution in [0.25, 0.3) is 0 Å². The zero-order valence-corrected chi connectivity index (χ0v) is 16.7. The van der Waals surface area contributed by atoms with E-state index in [2.05, 4.69) is 15.9 Å². The smallest absolute Gasteiger partial charge is 0.244 e. The van der Waals surface area contributed by atoms with Gasteiger partial charge in [-0.2, -0.15) is 4.31 Å². The van der Waals surface area contributed by atoms with E-state index in [0.717, 1.165) is 24.8 Å². The Morgan fingerprint density at radius 1 is 1.31 bits per heavy atom. The fourth-order valence-electron chi connectivity index (χ4n) is 3.83. The van der Waals surface area contributed by atoms with Gasteiger partial charge in [0.15, 0.2) is 0 Å². The molecular weight excluding hydrogens is 420 g/mol. The number of amides is 1. The highest BCUT2D eigenvalue weighted by atomic mass is 79.9. The Bertz CT molecular complexity index is 956. The molecule has 8 heteroatoms. The standard InChI is InChI=1S/C18H19BrN2O4S/c1-12(22)20-8-6-13-10-14(19)18(11-16(13)20)26(23,24)21-7-2-4-15(21)17-5-3-9-25-17/h3,5,9-11,15H,2,4,6-8H2,1H3/t15-/m1/s1. The molecule has 1 fully saturated rings. The van der Waals surface area contributed by atoms with Crippen molar-refractivity contribution in [2.75, 3.05) is 18.0 Å². The third-order valence-corrected chi connectivity index (χ3v) is 7.94. The third kappa shape index (κ3) is 2.80. The van der Waals surface area contributed by atoms with E-state index in [1.165, 1.54) is 11.2 Å². The highest BCUT2D eigenvalue weighted by Gasteiger charge is 2.39. The summed E-state index contributed by atoms with van der Waals surface area (Å²) >= 11 is 3.43. The van der Waals surface area contributed by atoms with E-state index < -0.39 is 10.0 Å². The molecule has 6 nitrogen and oxygen atoms in total. The lowest BCUT2D eigenvalue weighted by atomic mass is 10.2. The Kier molecular flexibility index (Phi) is 4.45. The van der Waals surface area contributed by atoms with E-state index in [1.807, 2.05) is 12.1 Å². The molecule has 1 aromatic carbocycles. The van der Waals surface area contributed by atoms with Crippen LogP contribution >= 0.6 is 15.9 Å². The second-order valence-electron chi connectivity index (χ2n) is 6.62. The average molecular weight is 439 g/mol. The van der Waals surface area contributed by atoms with Crippen LogP contribution in [0.15, 0.2) is 44.3 Å². The fourth-order valence-corrected chi connectivity index (χ4v) is 6.57. The number of carbonyl (C=O) groups is 1. The number of carbonyl (C=O) groups excluding carboxylic acids is 1. The molecule has 0 N–H and O–H groups in total. The van der Waals surface area contributed by atoms with E-state index in [0.29, 0.717) is 29.0 Å². The molecule has 0 bridgehead atoms. The zero-order valence-electron chi connectivity index (χ0n) is 14.3. The van der Waals surface area contributed by atoms with Crippen molar-refractivity contribution in [3.8, 4) is 0 Å².